The fourth-order valence-electron chi connectivity index (χ4n) is 7.06. The molecule has 2 aliphatic carbocycles. The van der Waals surface area contributed by atoms with Crippen molar-refractivity contribution >= 4 is 55.0 Å². The fourth-order valence-corrected chi connectivity index (χ4v) is 9.29. The van der Waals surface area contributed by atoms with Crippen LogP contribution in [0.3, 0.4) is 0 Å². The zero-order valence-electron chi connectivity index (χ0n) is 29.6. The molecule has 278 valence electrons. The van der Waals surface area contributed by atoms with Gasteiger partial charge in [-0.05, 0) is 75.8 Å². The Morgan fingerprint density at radius 2 is 1.85 bits per heavy atom. The first-order chi connectivity index (χ1) is 24.9. The maximum absolute atomic E-state index is 14.6. The van der Waals surface area contributed by atoms with Crippen molar-refractivity contribution in [1.82, 2.24) is 19.9 Å². The quantitative estimate of drug-likeness (QED) is 0.265. The minimum absolute atomic E-state index is 0.113. The molecule has 2 aromatic carbocycles. The Bertz CT molecular complexity index is 2000. The van der Waals surface area contributed by atoms with Gasteiger partial charge in [0.1, 0.15) is 35.2 Å². The molecule has 4 aliphatic rings. The van der Waals surface area contributed by atoms with E-state index >= 15 is 0 Å². The van der Waals surface area contributed by atoms with Gasteiger partial charge in [0.2, 0.25) is 21.8 Å². The number of thiazole rings is 1. The van der Waals surface area contributed by atoms with Crippen LogP contribution in [0.4, 0.5) is 5.69 Å². The average molecular weight is 752 g/mol. The molecule has 3 N–H and O–H groups in total. The summed E-state index contributed by atoms with van der Waals surface area (Å²) >= 11 is 1.34. The van der Waals surface area contributed by atoms with Crippen molar-refractivity contribution in [1.29, 1.82) is 0 Å². The van der Waals surface area contributed by atoms with E-state index in [2.05, 4.69) is 20.3 Å². The van der Waals surface area contributed by atoms with Crippen LogP contribution >= 0.6 is 11.3 Å². The number of sulfonamides is 1. The molecule has 1 saturated heterocycles. The lowest BCUT2D eigenvalue weighted by atomic mass is 10.0. The Morgan fingerprint density at radius 1 is 1.06 bits per heavy atom. The Labute approximate surface area is 307 Å². The SMILES string of the molecule is COc1cccc(N[C@H]2CCCCC/C=C\[C@H]3C[C@@]3(C(=O)NS(=O)(=O)C3(C)CC3)NC(=O)[C@@H]3C[C@@H](Oc4nc5ccc(OC)cc5s4)CN3C2=O)c1. The molecule has 15 heteroatoms. The summed E-state index contributed by atoms with van der Waals surface area (Å²) in [6.45, 7) is 1.72. The van der Waals surface area contributed by atoms with E-state index < -0.39 is 50.3 Å². The van der Waals surface area contributed by atoms with Gasteiger partial charge in [0.25, 0.3) is 11.1 Å². The normalized spacial score (nSPS) is 27.9. The van der Waals surface area contributed by atoms with Crippen LogP contribution in [0.5, 0.6) is 16.7 Å². The lowest BCUT2D eigenvalue weighted by Gasteiger charge is -2.30. The first kappa shape index (κ1) is 36.0. The molecule has 0 radical (unpaired) electrons. The average Bonchev–Trinajstić information content (AvgIpc) is 3.94. The summed E-state index contributed by atoms with van der Waals surface area (Å²) in [7, 11) is -0.772. The molecule has 52 heavy (non-hydrogen) atoms. The number of rotatable bonds is 9. The number of fused-ring (bicyclic) bond motifs is 3. The van der Waals surface area contributed by atoms with Crippen LogP contribution in [-0.4, -0.2) is 85.3 Å². The number of amides is 3. The van der Waals surface area contributed by atoms with Gasteiger partial charge in [-0.3, -0.25) is 19.1 Å². The van der Waals surface area contributed by atoms with E-state index in [0.29, 0.717) is 41.6 Å². The summed E-state index contributed by atoms with van der Waals surface area (Å²) < 4.78 is 45.5. The fraction of sp³-hybridized carbons (Fsp3) is 0.514. The molecule has 2 aliphatic heterocycles. The minimum atomic E-state index is -3.95. The Morgan fingerprint density at radius 3 is 2.62 bits per heavy atom. The molecule has 3 heterocycles. The van der Waals surface area contributed by atoms with Crippen molar-refractivity contribution in [2.24, 2.45) is 5.92 Å². The Balaban J connectivity index is 1.19. The predicted octanol–water partition coefficient (Wildman–Crippen LogP) is 4.54. The van der Waals surface area contributed by atoms with Gasteiger partial charge in [-0.2, -0.15) is 0 Å². The monoisotopic (exact) mass is 751 g/mol. The molecule has 0 unspecified atom stereocenters. The third-order valence-electron chi connectivity index (χ3n) is 10.7. The van der Waals surface area contributed by atoms with Gasteiger partial charge in [-0.25, -0.2) is 13.4 Å². The second kappa shape index (κ2) is 14.2. The summed E-state index contributed by atoms with van der Waals surface area (Å²) in [6, 6.07) is 11.2. The number of benzene rings is 2. The van der Waals surface area contributed by atoms with Crippen LogP contribution in [0, 0.1) is 5.92 Å². The summed E-state index contributed by atoms with van der Waals surface area (Å²) in [5.74, 6) is -0.614. The van der Waals surface area contributed by atoms with Crippen LogP contribution in [0.15, 0.2) is 54.6 Å². The maximum Gasteiger partial charge on any atom is 0.274 e. The summed E-state index contributed by atoms with van der Waals surface area (Å²) in [6.07, 6.45) is 8.46. The minimum Gasteiger partial charge on any atom is -0.497 e. The van der Waals surface area contributed by atoms with Crippen molar-refractivity contribution in [2.45, 2.75) is 93.2 Å². The number of hydrogen-bond acceptors (Lipinski definition) is 11. The second-order valence-electron chi connectivity index (χ2n) is 14.4. The highest BCUT2D eigenvalue weighted by atomic mass is 32.2. The summed E-state index contributed by atoms with van der Waals surface area (Å²) in [5, 5.41) is 6.74. The summed E-state index contributed by atoms with van der Waals surface area (Å²) in [4.78, 5) is 48.9. The molecule has 3 aromatic rings. The van der Waals surface area contributed by atoms with Crippen molar-refractivity contribution < 1.29 is 37.0 Å². The number of carbonyl (C=O) groups excluding carboxylic acids is 3. The van der Waals surface area contributed by atoms with Crippen LogP contribution < -0.4 is 29.6 Å². The Hall–Kier alpha value is -4.37. The van der Waals surface area contributed by atoms with Gasteiger partial charge in [0.05, 0.1) is 35.7 Å². The first-order valence-electron chi connectivity index (χ1n) is 17.8. The molecule has 0 spiro atoms. The zero-order chi connectivity index (χ0) is 36.7. The van der Waals surface area contributed by atoms with E-state index in [9.17, 15) is 22.8 Å². The number of ether oxygens (including phenoxy) is 3. The van der Waals surface area contributed by atoms with Crippen molar-refractivity contribution in [3.63, 3.8) is 0 Å². The molecular formula is C37H45N5O8S2. The third kappa shape index (κ3) is 7.29. The number of allylic oxidation sites excluding steroid dienone is 1. The van der Waals surface area contributed by atoms with E-state index in [1.807, 2.05) is 54.6 Å². The molecule has 0 bridgehead atoms. The number of carbonyl (C=O) groups is 3. The van der Waals surface area contributed by atoms with E-state index in [0.717, 1.165) is 35.9 Å². The largest absolute Gasteiger partial charge is 0.497 e. The standard InChI is InChI=1S/C37H45N5O8S2/c1-36(16-17-36)52(46,47)41-34(45)37-21-23(37)10-7-5-4-6-8-13-29(38-24-11-9-12-25(18-24)48-2)33(44)42-22-27(19-30(42)32(43)40-37)50-35-39-28-15-14-26(49-3)20-31(28)51-35/h7,9-12,14-15,18,20,23,27,29-30,38H,4-6,8,13,16-17,19,21-22H2,1-3H3,(H,40,43)(H,41,45)/b10-7-/t23-,27+,29-,30-,37+/m0/s1. The highest BCUT2D eigenvalue weighted by Gasteiger charge is 2.63. The molecule has 13 nitrogen and oxygen atoms in total. The lowest BCUT2D eigenvalue weighted by Crippen LogP contribution is -2.58. The van der Waals surface area contributed by atoms with E-state index in [1.165, 1.54) is 16.2 Å². The van der Waals surface area contributed by atoms with Crippen LogP contribution in [0.1, 0.15) is 64.7 Å². The highest BCUT2D eigenvalue weighted by molar-refractivity contribution is 7.91. The molecular weight excluding hydrogens is 707 g/mol. The predicted molar refractivity (Wildman–Crippen MR) is 197 cm³/mol. The van der Waals surface area contributed by atoms with Crippen molar-refractivity contribution in [3.05, 3.63) is 54.6 Å². The molecule has 2 saturated carbocycles. The van der Waals surface area contributed by atoms with Crippen LogP contribution in [0.25, 0.3) is 10.2 Å². The molecule has 7 rings (SSSR count). The molecule has 3 fully saturated rings. The van der Waals surface area contributed by atoms with E-state index in [-0.39, 0.29) is 31.2 Å². The number of hydrogen-bond donors (Lipinski definition) is 3. The van der Waals surface area contributed by atoms with Crippen LogP contribution in [-0.2, 0) is 24.4 Å². The van der Waals surface area contributed by atoms with Crippen molar-refractivity contribution in [2.75, 3.05) is 26.1 Å². The van der Waals surface area contributed by atoms with Gasteiger partial charge >= 0.3 is 0 Å². The topological polar surface area (TPSA) is 165 Å². The van der Waals surface area contributed by atoms with E-state index in [1.54, 1.807) is 21.1 Å². The summed E-state index contributed by atoms with van der Waals surface area (Å²) in [5.41, 5.74) is -0.0105. The lowest BCUT2D eigenvalue weighted by molar-refractivity contribution is -0.140. The number of anilines is 1. The van der Waals surface area contributed by atoms with Gasteiger partial charge in [0.15, 0.2) is 0 Å². The van der Waals surface area contributed by atoms with Crippen molar-refractivity contribution in [3.8, 4) is 16.7 Å². The van der Waals surface area contributed by atoms with Crippen LogP contribution in [0.2, 0.25) is 0 Å². The third-order valence-corrected chi connectivity index (χ3v) is 13.8. The maximum atomic E-state index is 14.6. The molecule has 1 aromatic heterocycles. The van der Waals surface area contributed by atoms with E-state index in [4.69, 9.17) is 14.2 Å². The first-order valence-corrected chi connectivity index (χ1v) is 20.1. The highest BCUT2D eigenvalue weighted by Crippen LogP contribution is 2.47. The van der Waals surface area contributed by atoms with Gasteiger partial charge < -0.3 is 29.7 Å². The second-order valence-corrected chi connectivity index (χ2v) is 17.6. The number of nitrogens with zero attached hydrogens (tertiary/aromatic N) is 2. The van der Waals surface area contributed by atoms with Gasteiger partial charge in [-0.15, -0.1) is 0 Å². The number of methoxy groups -OCH3 is 2. The Kier molecular flexibility index (Phi) is 9.85. The number of nitrogens with one attached hydrogen (secondary N) is 3. The smallest absolute Gasteiger partial charge is 0.274 e. The van der Waals surface area contributed by atoms with Gasteiger partial charge in [-0.1, -0.05) is 42.4 Å². The zero-order valence-corrected chi connectivity index (χ0v) is 31.2. The molecule has 5 atom stereocenters. The molecule has 3 amide bonds. The number of aromatic nitrogens is 1. The van der Waals surface area contributed by atoms with Gasteiger partial charge in [0, 0.05) is 24.1 Å².